The average Bonchev–Trinajstić information content (AvgIpc) is 2.98. The number of aryl methyl sites for hydroxylation is 1. The van der Waals surface area contributed by atoms with Gasteiger partial charge in [0.05, 0.1) is 0 Å². The van der Waals surface area contributed by atoms with Crippen molar-refractivity contribution in [3.8, 4) is 0 Å². The van der Waals surface area contributed by atoms with Crippen molar-refractivity contribution in [2.24, 2.45) is 5.73 Å². The van der Waals surface area contributed by atoms with Crippen LogP contribution in [0.25, 0.3) is 0 Å². The van der Waals surface area contributed by atoms with Crippen molar-refractivity contribution in [2.75, 3.05) is 0 Å². The van der Waals surface area contributed by atoms with Crippen LogP contribution in [0.3, 0.4) is 0 Å². The molecule has 0 radical (unpaired) electrons. The number of nitrogens with zero attached hydrogens (tertiary/aromatic N) is 1. The number of hydrogen-bond acceptors (Lipinski definition) is 2. The summed E-state index contributed by atoms with van der Waals surface area (Å²) in [4.78, 5) is 4.63. The molecule has 3 rings (SSSR count). The van der Waals surface area contributed by atoms with Gasteiger partial charge in [0.1, 0.15) is 0 Å². The van der Waals surface area contributed by atoms with Crippen molar-refractivity contribution < 1.29 is 0 Å². The van der Waals surface area contributed by atoms with E-state index in [1.54, 1.807) is 0 Å². The largest absolute Gasteiger partial charge is 0.324 e. The lowest BCUT2D eigenvalue weighted by molar-refractivity contribution is 0.490. The van der Waals surface area contributed by atoms with Crippen LogP contribution in [0.1, 0.15) is 37.1 Å². The first kappa shape index (κ1) is 8.42. The summed E-state index contributed by atoms with van der Waals surface area (Å²) in [5, 5.41) is 0. The van der Waals surface area contributed by atoms with E-state index in [2.05, 4.69) is 30.1 Å². The maximum atomic E-state index is 6.33. The monoisotopic (exact) mass is 188 g/mol. The zero-order valence-corrected chi connectivity index (χ0v) is 8.59. The molecule has 2 heteroatoms. The maximum absolute atomic E-state index is 6.33. The summed E-state index contributed by atoms with van der Waals surface area (Å²) in [6.45, 7) is 2.05. The van der Waals surface area contributed by atoms with Gasteiger partial charge in [-0.2, -0.15) is 0 Å². The minimum Gasteiger partial charge on any atom is -0.324 e. The highest BCUT2D eigenvalue weighted by Crippen LogP contribution is 2.63. The van der Waals surface area contributed by atoms with Crippen LogP contribution >= 0.6 is 0 Å². The van der Waals surface area contributed by atoms with E-state index >= 15 is 0 Å². The molecule has 2 nitrogen and oxygen atoms in total. The van der Waals surface area contributed by atoms with Gasteiger partial charge in [0.25, 0.3) is 0 Å². The van der Waals surface area contributed by atoms with Gasteiger partial charge >= 0.3 is 0 Å². The Bertz CT molecular complexity index is 376. The smallest absolute Gasteiger partial charge is 0.0486 e. The molecule has 74 valence electrons. The van der Waals surface area contributed by atoms with Crippen LogP contribution in [-0.2, 0) is 5.41 Å². The standard InChI is InChI=1S/C12H16N2/c1-9-3-2-4-10(14-9)11(5-6-11)12(13)7-8-12/h2-4H,5-8,13H2,1H3. The summed E-state index contributed by atoms with van der Waals surface area (Å²) < 4.78 is 0. The predicted octanol–water partition coefficient (Wildman–Crippen LogP) is 1.91. The highest BCUT2D eigenvalue weighted by molar-refractivity contribution is 5.37. The van der Waals surface area contributed by atoms with Crippen LogP contribution in [0.2, 0.25) is 0 Å². The molecule has 2 N–H and O–H groups in total. The molecule has 0 aliphatic heterocycles. The molecule has 0 bridgehead atoms. The van der Waals surface area contributed by atoms with Crippen molar-refractivity contribution in [3.63, 3.8) is 0 Å². The van der Waals surface area contributed by atoms with Gasteiger partial charge in [-0.05, 0) is 44.7 Å². The van der Waals surface area contributed by atoms with Crippen molar-refractivity contribution in [1.29, 1.82) is 0 Å². The van der Waals surface area contributed by atoms with Gasteiger partial charge in [0.2, 0.25) is 0 Å². The molecule has 0 atom stereocenters. The lowest BCUT2D eigenvalue weighted by Crippen LogP contribution is -2.37. The van der Waals surface area contributed by atoms with Crippen LogP contribution in [0.15, 0.2) is 18.2 Å². The zero-order chi connectivity index (χ0) is 9.81. The molecule has 2 aliphatic rings. The highest BCUT2D eigenvalue weighted by atomic mass is 14.9. The second-order valence-electron chi connectivity index (χ2n) is 4.90. The van der Waals surface area contributed by atoms with Crippen LogP contribution in [-0.4, -0.2) is 10.5 Å². The lowest BCUT2D eigenvalue weighted by Gasteiger charge is -2.22. The van der Waals surface area contributed by atoms with Gasteiger partial charge in [-0.3, -0.25) is 4.98 Å². The third kappa shape index (κ3) is 0.976. The van der Waals surface area contributed by atoms with E-state index < -0.39 is 0 Å². The normalized spacial score (nSPS) is 25.9. The van der Waals surface area contributed by atoms with Gasteiger partial charge in [0, 0.05) is 22.3 Å². The molecule has 2 fully saturated rings. The molecular weight excluding hydrogens is 172 g/mol. The Labute approximate surface area is 84.5 Å². The fraction of sp³-hybridized carbons (Fsp3) is 0.583. The van der Waals surface area contributed by atoms with Crippen LogP contribution < -0.4 is 5.73 Å². The average molecular weight is 188 g/mol. The Morgan fingerprint density at radius 1 is 1.21 bits per heavy atom. The van der Waals surface area contributed by atoms with Crippen molar-refractivity contribution in [2.45, 2.75) is 43.6 Å². The Morgan fingerprint density at radius 3 is 2.43 bits per heavy atom. The van der Waals surface area contributed by atoms with Crippen molar-refractivity contribution in [3.05, 3.63) is 29.6 Å². The summed E-state index contributed by atoms with van der Waals surface area (Å²) in [6.07, 6.45) is 4.84. The Balaban J connectivity index is 2.02. The van der Waals surface area contributed by atoms with Gasteiger partial charge in [0.15, 0.2) is 0 Å². The molecule has 0 aromatic carbocycles. The van der Waals surface area contributed by atoms with Gasteiger partial charge in [-0.25, -0.2) is 0 Å². The molecule has 1 heterocycles. The van der Waals surface area contributed by atoms with E-state index in [1.807, 2.05) is 0 Å². The molecule has 2 saturated carbocycles. The van der Waals surface area contributed by atoms with Crippen LogP contribution in [0.4, 0.5) is 0 Å². The SMILES string of the molecule is Cc1cccc(C2(C3(N)CC3)CC2)n1. The van der Waals surface area contributed by atoms with Gasteiger partial charge in [-0.1, -0.05) is 6.07 Å². The van der Waals surface area contributed by atoms with Crippen LogP contribution in [0.5, 0.6) is 0 Å². The molecule has 0 amide bonds. The summed E-state index contributed by atoms with van der Waals surface area (Å²) in [6, 6.07) is 6.30. The van der Waals surface area contributed by atoms with Gasteiger partial charge in [-0.15, -0.1) is 0 Å². The molecule has 1 aromatic heterocycles. The summed E-state index contributed by atoms with van der Waals surface area (Å²) >= 11 is 0. The first-order valence-electron chi connectivity index (χ1n) is 5.39. The first-order valence-corrected chi connectivity index (χ1v) is 5.39. The number of hydrogen-bond donors (Lipinski definition) is 1. The highest BCUT2D eigenvalue weighted by Gasteiger charge is 2.64. The third-order valence-electron chi connectivity index (χ3n) is 3.87. The second-order valence-corrected chi connectivity index (χ2v) is 4.90. The van der Waals surface area contributed by atoms with Gasteiger partial charge < -0.3 is 5.73 Å². The second kappa shape index (κ2) is 2.37. The molecule has 14 heavy (non-hydrogen) atoms. The number of rotatable bonds is 2. The summed E-state index contributed by atoms with van der Waals surface area (Å²) in [5.41, 5.74) is 9.01. The fourth-order valence-corrected chi connectivity index (χ4v) is 2.56. The van der Waals surface area contributed by atoms with Crippen LogP contribution in [0, 0.1) is 6.92 Å². The Hall–Kier alpha value is -0.890. The zero-order valence-electron chi connectivity index (χ0n) is 8.59. The Morgan fingerprint density at radius 2 is 1.93 bits per heavy atom. The summed E-state index contributed by atoms with van der Waals surface area (Å²) in [7, 11) is 0. The Kier molecular flexibility index (Phi) is 1.43. The molecule has 1 aromatic rings. The number of aromatic nitrogens is 1. The van der Waals surface area contributed by atoms with E-state index in [-0.39, 0.29) is 11.0 Å². The summed E-state index contributed by atoms with van der Waals surface area (Å²) in [5.74, 6) is 0. The predicted molar refractivity (Wildman–Crippen MR) is 56.0 cm³/mol. The quantitative estimate of drug-likeness (QED) is 0.770. The first-order chi connectivity index (χ1) is 6.66. The van der Waals surface area contributed by atoms with E-state index in [4.69, 9.17) is 5.73 Å². The minimum absolute atomic E-state index is 0.0911. The number of nitrogens with two attached hydrogens (primary N) is 1. The maximum Gasteiger partial charge on any atom is 0.0486 e. The van der Waals surface area contributed by atoms with E-state index in [1.165, 1.54) is 31.4 Å². The molecule has 0 unspecified atom stereocenters. The minimum atomic E-state index is 0.0911. The lowest BCUT2D eigenvalue weighted by atomic mass is 9.90. The fourth-order valence-electron chi connectivity index (χ4n) is 2.56. The molecule has 0 saturated heterocycles. The number of pyridine rings is 1. The molecule has 0 spiro atoms. The van der Waals surface area contributed by atoms with Crippen molar-refractivity contribution in [1.82, 2.24) is 4.98 Å². The topological polar surface area (TPSA) is 38.9 Å². The van der Waals surface area contributed by atoms with E-state index in [0.717, 1.165) is 5.69 Å². The molecular formula is C12H16N2. The molecule has 2 aliphatic carbocycles. The van der Waals surface area contributed by atoms with E-state index in [0.29, 0.717) is 0 Å². The van der Waals surface area contributed by atoms with Crippen molar-refractivity contribution >= 4 is 0 Å². The third-order valence-corrected chi connectivity index (χ3v) is 3.87. The van der Waals surface area contributed by atoms with E-state index in [9.17, 15) is 0 Å².